The molecule has 1 heterocycles. The monoisotopic (exact) mass is 531 g/mol. The van der Waals surface area contributed by atoms with Crippen LogP contribution in [0.25, 0.3) is 22.0 Å². The maximum atomic E-state index is 4.64. The molecule has 0 fully saturated rings. The van der Waals surface area contributed by atoms with E-state index >= 15 is 0 Å². The Balaban J connectivity index is 0.00000101. The van der Waals surface area contributed by atoms with Gasteiger partial charge in [-0.1, -0.05) is 45.9 Å². The van der Waals surface area contributed by atoms with E-state index in [1.54, 1.807) is 0 Å². The number of nitrogens with zero attached hydrogens (tertiary/aromatic N) is 1. The summed E-state index contributed by atoms with van der Waals surface area (Å²) in [5.74, 6) is 0.591. The van der Waals surface area contributed by atoms with Gasteiger partial charge in [0, 0.05) is 6.20 Å². The number of hydrogen-bond donors (Lipinski definition) is 0. The fourth-order valence-corrected chi connectivity index (χ4v) is 2.98. The van der Waals surface area contributed by atoms with E-state index in [-0.39, 0.29) is 7.43 Å². The van der Waals surface area contributed by atoms with Crippen molar-refractivity contribution in [2.75, 3.05) is 0 Å². The minimum atomic E-state index is 0. The Morgan fingerprint density at radius 1 is 1.12 bits per heavy atom. The summed E-state index contributed by atoms with van der Waals surface area (Å²) in [6, 6.07) is 16.6. The first-order valence-electron chi connectivity index (χ1n) is 8.10. The molecule has 134 valence electrons. The van der Waals surface area contributed by atoms with Gasteiger partial charge in [0.05, 0.1) is 0 Å². The van der Waals surface area contributed by atoms with Crippen LogP contribution in [0.5, 0.6) is 0 Å². The summed E-state index contributed by atoms with van der Waals surface area (Å²) in [6.07, 6.45) is 3.07. The van der Waals surface area contributed by atoms with Gasteiger partial charge in [-0.15, -0.1) is 34.9 Å². The molecule has 3 heteroatoms. The van der Waals surface area contributed by atoms with Gasteiger partial charge >= 0.3 is 27.5 Å². The van der Waals surface area contributed by atoms with Crippen LogP contribution in [0.4, 0.5) is 0 Å². The van der Waals surface area contributed by atoms with Crippen LogP contribution in [0.2, 0.25) is 0 Å². The van der Waals surface area contributed by atoms with Crippen LogP contribution in [0, 0.1) is 27.3 Å². The molecule has 2 aromatic carbocycles. The molecule has 1 nitrogen and oxygen atoms in total. The van der Waals surface area contributed by atoms with E-state index in [4.69, 9.17) is 0 Å². The first-order chi connectivity index (χ1) is 11.6. The average Bonchev–Trinajstić information content (AvgIpc) is 2.61. The molecule has 0 spiro atoms. The summed E-state index contributed by atoms with van der Waals surface area (Å²) in [5, 5.41) is 2.46. The van der Waals surface area contributed by atoms with Crippen molar-refractivity contribution in [2.24, 2.45) is 0 Å². The molecule has 25 heavy (non-hydrogen) atoms. The van der Waals surface area contributed by atoms with E-state index in [0.29, 0.717) is 5.92 Å². The molecule has 0 aliphatic heterocycles. The second-order valence-electron chi connectivity index (χ2n) is 6.20. The van der Waals surface area contributed by atoms with Crippen molar-refractivity contribution in [3.05, 3.63) is 72.8 Å². The van der Waals surface area contributed by atoms with E-state index in [0.717, 1.165) is 23.2 Å². The van der Waals surface area contributed by atoms with E-state index < -0.39 is 0 Å². The van der Waals surface area contributed by atoms with Crippen molar-refractivity contribution >= 4 is 20.4 Å². The van der Waals surface area contributed by atoms with E-state index in [2.05, 4.69) is 84.7 Å². The topological polar surface area (TPSA) is 12.9 Å². The zero-order chi connectivity index (χ0) is 17.7. The van der Waals surface area contributed by atoms with Gasteiger partial charge in [-0.3, -0.25) is 0 Å². The van der Waals surface area contributed by atoms with Gasteiger partial charge in [-0.05, 0) is 40.4 Å². The Bertz CT molecular complexity index is 809. The third-order valence-electron chi connectivity index (χ3n) is 4.37. The van der Waals surface area contributed by atoms with Crippen LogP contribution in [-0.4, -0.2) is 4.98 Å². The normalized spacial score (nSPS) is 11.3. The predicted octanol–water partition coefficient (Wildman–Crippen LogP) is 6.97. The number of hydrogen-bond acceptors (Lipinski definition) is 1. The van der Waals surface area contributed by atoms with Crippen molar-refractivity contribution in [3.8, 4) is 11.3 Å². The molecule has 1 atom stereocenters. The molecular formula is C22H25ClIrN. The van der Waals surface area contributed by atoms with Gasteiger partial charge < -0.3 is 12.4 Å². The number of benzene rings is 2. The fraction of sp³-hybridized carbons (Fsp3) is 0.273. The molecule has 0 aliphatic rings. The van der Waals surface area contributed by atoms with Gasteiger partial charge in [0.2, 0.25) is 0 Å². The number of fused-ring (bicyclic) bond motifs is 1. The molecule has 3 aromatic rings. The number of rotatable bonds is 3. The van der Waals surface area contributed by atoms with Crippen LogP contribution < -0.4 is 0 Å². The molecule has 0 radical (unpaired) electrons. The molecule has 0 N–H and O–H groups in total. The molecule has 1 unspecified atom stereocenters. The van der Waals surface area contributed by atoms with Crippen molar-refractivity contribution in [2.45, 2.75) is 40.0 Å². The Morgan fingerprint density at radius 2 is 1.84 bits per heavy atom. The van der Waals surface area contributed by atoms with Gasteiger partial charge in [0.15, 0.2) is 0 Å². The van der Waals surface area contributed by atoms with Crippen molar-refractivity contribution < 1.29 is 17.9 Å². The Kier molecular flexibility index (Phi) is 8.79. The third kappa shape index (κ3) is 5.14. The fourth-order valence-electron chi connectivity index (χ4n) is 2.98. The Morgan fingerprint density at radius 3 is 2.48 bits per heavy atom. The van der Waals surface area contributed by atoms with Crippen LogP contribution in [0.1, 0.15) is 42.9 Å². The molecule has 0 aliphatic carbocycles. The van der Waals surface area contributed by atoms with Crippen LogP contribution in [0.3, 0.4) is 0 Å². The number of pyridine rings is 1. The standard InChI is InChI=1S/C21H22N.CH3.ClH.Ir/c1-5-16(4)17-6-7-20-18(13-17)8-9-22-21(20)19-11-14(2)10-15(3)12-19;;;/h6-11,13,16H,5H2,1-4H3;1H3;1H;/q2*-1;;+3/p-1. The van der Waals surface area contributed by atoms with Crippen LogP contribution in [-0.2, 0) is 17.9 Å². The summed E-state index contributed by atoms with van der Waals surface area (Å²) < 4.78 is 0. The van der Waals surface area contributed by atoms with E-state index in [9.17, 15) is 0 Å². The van der Waals surface area contributed by atoms with Gasteiger partial charge in [0.1, 0.15) is 0 Å². The summed E-state index contributed by atoms with van der Waals surface area (Å²) in [4.78, 5) is 4.62. The van der Waals surface area contributed by atoms with Gasteiger partial charge in [-0.25, -0.2) is 0 Å². The zero-order valence-corrected chi connectivity index (χ0v) is 18.6. The quantitative estimate of drug-likeness (QED) is 0.333. The second kappa shape index (κ2) is 10.1. The number of aromatic nitrogens is 1. The number of aryl methyl sites for hydroxylation is 2. The molecule has 0 saturated carbocycles. The van der Waals surface area contributed by atoms with Crippen LogP contribution in [0.15, 0.2) is 42.6 Å². The maximum absolute atomic E-state index is 4.64. The average molecular weight is 531 g/mol. The van der Waals surface area contributed by atoms with Crippen LogP contribution >= 0.6 is 9.58 Å². The third-order valence-corrected chi connectivity index (χ3v) is 4.37. The minimum absolute atomic E-state index is 0. The van der Waals surface area contributed by atoms with Gasteiger partial charge in [0.25, 0.3) is 0 Å². The Labute approximate surface area is 167 Å². The predicted molar refractivity (Wildman–Crippen MR) is 106 cm³/mol. The summed E-state index contributed by atoms with van der Waals surface area (Å²) in [6.45, 7) is 8.72. The summed E-state index contributed by atoms with van der Waals surface area (Å²) >= 11 is 1.47. The van der Waals surface area contributed by atoms with E-state index in [1.165, 1.54) is 39.8 Å². The Hall–Kier alpha value is -1.21. The molecular weight excluding hydrogens is 506 g/mol. The molecule has 0 amide bonds. The van der Waals surface area contributed by atoms with Crippen molar-refractivity contribution in [1.82, 2.24) is 4.98 Å². The summed E-state index contributed by atoms with van der Waals surface area (Å²) in [7, 11) is 4.64. The zero-order valence-electron chi connectivity index (χ0n) is 15.5. The van der Waals surface area contributed by atoms with Crippen molar-refractivity contribution in [1.29, 1.82) is 0 Å². The summed E-state index contributed by atoms with van der Waals surface area (Å²) in [5.41, 5.74) is 5.92. The SMILES string of the molecule is CCC(C)c1ccc2c(-c3[c-]c(C)cc(C)c3)nccc2c1.[CH3-].[Cl][Ir+2]. The second-order valence-corrected chi connectivity index (χ2v) is 6.20. The first-order valence-corrected chi connectivity index (χ1v) is 11.1. The van der Waals surface area contributed by atoms with Gasteiger partial charge in [-0.2, -0.15) is 0 Å². The number of halogens is 1. The molecule has 0 bridgehead atoms. The first kappa shape index (κ1) is 21.8. The molecule has 0 saturated heterocycles. The molecule has 3 rings (SSSR count). The van der Waals surface area contributed by atoms with E-state index in [1.807, 2.05) is 6.20 Å². The van der Waals surface area contributed by atoms with Crippen molar-refractivity contribution in [3.63, 3.8) is 0 Å². The molecule has 1 aromatic heterocycles.